The molecule has 0 fully saturated rings. The average Bonchev–Trinajstić information content (AvgIpc) is 2.79. The van der Waals surface area contributed by atoms with E-state index in [9.17, 15) is 4.79 Å². The summed E-state index contributed by atoms with van der Waals surface area (Å²) in [5.74, 6) is 0. The molecule has 0 spiro atoms. The fourth-order valence-corrected chi connectivity index (χ4v) is 3.22. The Morgan fingerprint density at radius 3 is 2.95 bits per heavy atom. The molecule has 0 aliphatic heterocycles. The first kappa shape index (κ1) is 15.3. The summed E-state index contributed by atoms with van der Waals surface area (Å²) in [6.07, 6.45) is 0. The SMILES string of the molecule is CCNCc1cc(Br)ccc1Sc1n[nH]c(=O)n1CC. The van der Waals surface area contributed by atoms with Crippen LogP contribution >= 0.6 is 27.7 Å². The van der Waals surface area contributed by atoms with Crippen molar-refractivity contribution in [3.8, 4) is 0 Å². The zero-order valence-electron chi connectivity index (χ0n) is 11.4. The highest BCUT2D eigenvalue weighted by Crippen LogP contribution is 2.30. The molecule has 108 valence electrons. The van der Waals surface area contributed by atoms with E-state index in [4.69, 9.17) is 0 Å². The first-order valence-corrected chi connectivity index (χ1v) is 8.08. The van der Waals surface area contributed by atoms with Crippen molar-refractivity contribution in [1.82, 2.24) is 20.1 Å². The van der Waals surface area contributed by atoms with Crippen LogP contribution in [0, 0.1) is 0 Å². The van der Waals surface area contributed by atoms with E-state index in [1.807, 2.05) is 19.1 Å². The highest BCUT2D eigenvalue weighted by atomic mass is 79.9. The van der Waals surface area contributed by atoms with Gasteiger partial charge < -0.3 is 5.32 Å². The molecule has 5 nitrogen and oxygen atoms in total. The first-order valence-electron chi connectivity index (χ1n) is 6.47. The number of aromatic amines is 1. The third-order valence-corrected chi connectivity index (χ3v) is 4.43. The van der Waals surface area contributed by atoms with Gasteiger partial charge in [-0.2, -0.15) is 0 Å². The number of hydrogen-bond acceptors (Lipinski definition) is 4. The molecule has 1 heterocycles. The largest absolute Gasteiger partial charge is 0.343 e. The van der Waals surface area contributed by atoms with E-state index in [1.165, 1.54) is 17.3 Å². The normalized spacial score (nSPS) is 10.9. The highest BCUT2D eigenvalue weighted by Gasteiger charge is 2.11. The van der Waals surface area contributed by atoms with Crippen molar-refractivity contribution in [2.75, 3.05) is 6.54 Å². The van der Waals surface area contributed by atoms with Crippen molar-refractivity contribution in [3.63, 3.8) is 0 Å². The molecule has 2 aromatic rings. The van der Waals surface area contributed by atoms with Gasteiger partial charge in [-0.25, -0.2) is 9.89 Å². The van der Waals surface area contributed by atoms with Crippen molar-refractivity contribution >= 4 is 27.7 Å². The van der Waals surface area contributed by atoms with Crippen LogP contribution in [0.2, 0.25) is 0 Å². The monoisotopic (exact) mass is 356 g/mol. The summed E-state index contributed by atoms with van der Waals surface area (Å²) >= 11 is 5.00. The van der Waals surface area contributed by atoms with Crippen LogP contribution in [-0.4, -0.2) is 21.3 Å². The Bertz CT molecular complexity index is 638. The summed E-state index contributed by atoms with van der Waals surface area (Å²) in [5, 5.41) is 10.6. The Balaban J connectivity index is 2.30. The number of halogens is 1. The molecular formula is C13H17BrN4OS. The van der Waals surface area contributed by atoms with E-state index < -0.39 is 0 Å². The minimum Gasteiger partial charge on any atom is -0.313 e. The minimum atomic E-state index is -0.166. The second kappa shape index (κ2) is 7.10. The summed E-state index contributed by atoms with van der Waals surface area (Å²) in [6.45, 7) is 6.32. The predicted molar refractivity (Wildman–Crippen MR) is 84.2 cm³/mol. The number of benzene rings is 1. The Morgan fingerprint density at radius 1 is 1.45 bits per heavy atom. The molecule has 2 N–H and O–H groups in total. The Kier molecular flexibility index (Phi) is 5.45. The Hall–Kier alpha value is -1.05. The number of nitrogens with one attached hydrogen (secondary N) is 2. The summed E-state index contributed by atoms with van der Waals surface area (Å²) in [5.41, 5.74) is 1.02. The van der Waals surface area contributed by atoms with Crippen LogP contribution in [0.15, 0.2) is 37.5 Å². The number of nitrogens with zero attached hydrogens (tertiary/aromatic N) is 2. The topological polar surface area (TPSA) is 62.7 Å². The summed E-state index contributed by atoms with van der Waals surface area (Å²) in [7, 11) is 0. The van der Waals surface area contributed by atoms with E-state index in [0.29, 0.717) is 11.7 Å². The molecule has 0 aliphatic carbocycles. The third-order valence-electron chi connectivity index (χ3n) is 2.83. The minimum absolute atomic E-state index is 0.166. The van der Waals surface area contributed by atoms with Gasteiger partial charge in [-0.15, -0.1) is 5.10 Å². The molecule has 0 atom stereocenters. The van der Waals surface area contributed by atoms with Gasteiger partial charge in [0, 0.05) is 22.5 Å². The van der Waals surface area contributed by atoms with Gasteiger partial charge in [0.2, 0.25) is 0 Å². The van der Waals surface area contributed by atoms with Crippen LogP contribution in [0.4, 0.5) is 0 Å². The van der Waals surface area contributed by atoms with E-state index >= 15 is 0 Å². The molecule has 0 aliphatic rings. The molecule has 2 rings (SSSR count). The van der Waals surface area contributed by atoms with Crippen LogP contribution in [0.1, 0.15) is 19.4 Å². The van der Waals surface area contributed by atoms with Crippen LogP contribution in [-0.2, 0) is 13.1 Å². The van der Waals surface area contributed by atoms with Gasteiger partial charge in [0.25, 0.3) is 0 Å². The lowest BCUT2D eigenvalue weighted by molar-refractivity contribution is 0.660. The van der Waals surface area contributed by atoms with E-state index in [0.717, 1.165) is 22.5 Å². The van der Waals surface area contributed by atoms with E-state index in [-0.39, 0.29) is 5.69 Å². The third kappa shape index (κ3) is 3.53. The van der Waals surface area contributed by atoms with Crippen LogP contribution in [0.25, 0.3) is 0 Å². The Morgan fingerprint density at radius 2 is 2.25 bits per heavy atom. The van der Waals surface area contributed by atoms with Crippen molar-refractivity contribution < 1.29 is 0 Å². The van der Waals surface area contributed by atoms with Gasteiger partial charge in [0.05, 0.1) is 0 Å². The molecule has 0 radical (unpaired) electrons. The van der Waals surface area contributed by atoms with Crippen molar-refractivity contribution in [3.05, 3.63) is 38.7 Å². The molecule has 0 unspecified atom stereocenters. The molecule has 0 amide bonds. The molecule has 0 saturated heterocycles. The molecule has 20 heavy (non-hydrogen) atoms. The van der Waals surface area contributed by atoms with E-state index in [2.05, 4.69) is 44.4 Å². The summed E-state index contributed by atoms with van der Waals surface area (Å²) < 4.78 is 2.67. The van der Waals surface area contributed by atoms with Gasteiger partial charge in [0.1, 0.15) is 0 Å². The average molecular weight is 357 g/mol. The van der Waals surface area contributed by atoms with E-state index in [1.54, 1.807) is 4.57 Å². The highest BCUT2D eigenvalue weighted by molar-refractivity contribution is 9.10. The summed E-state index contributed by atoms with van der Waals surface area (Å²) in [6, 6.07) is 6.13. The molecule has 0 saturated carbocycles. The molecular weight excluding hydrogens is 340 g/mol. The lowest BCUT2D eigenvalue weighted by Gasteiger charge is -2.10. The van der Waals surface area contributed by atoms with Gasteiger partial charge in [0.15, 0.2) is 5.16 Å². The van der Waals surface area contributed by atoms with Crippen molar-refractivity contribution in [2.24, 2.45) is 0 Å². The maximum atomic E-state index is 11.6. The molecule has 1 aromatic carbocycles. The Labute approximate surface area is 130 Å². The van der Waals surface area contributed by atoms with Gasteiger partial charge in [-0.3, -0.25) is 4.57 Å². The number of H-pyrrole nitrogens is 1. The number of aromatic nitrogens is 3. The summed E-state index contributed by atoms with van der Waals surface area (Å²) in [4.78, 5) is 12.7. The number of rotatable bonds is 6. The smallest absolute Gasteiger partial charge is 0.313 e. The quantitative estimate of drug-likeness (QED) is 0.834. The molecule has 0 bridgehead atoms. The van der Waals surface area contributed by atoms with Crippen molar-refractivity contribution in [1.29, 1.82) is 0 Å². The number of hydrogen-bond donors (Lipinski definition) is 2. The van der Waals surface area contributed by atoms with Gasteiger partial charge in [-0.1, -0.05) is 22.9 Å². The second-order valence-electron chi connectivity index (χ2n) is 4.19. The zero-order chi connectivity index (χ0) is 14.5. The van der Waals surface area contributed by atoms with Gasteiger partial charge >= 0.3 is 5.69 Å². The van der Waals surface area contributed by atoms with Crippen LogP contribution in [0.3, 0.4) is 0 Å². The molecule has 7 heteroatoms. The van der Waals surface area contributed by atoms with Crippen LogP contribution in [0.5, 0.6) is 0 Å². The molecule has 1 aromatic heterocycles. The lowest BCUT2D eigenvalue weighted by atomic mass is 10.2. The fourth-order valence-electron chi connectivity index (χ4n) is 1.80. The lowest BCUT2D eigenvalue weighted by Crippen LogP contribution is -2.16. The fraction of sp³-hybridized carbons (Fsp3) is 0.385. The predicted octanol–water partition coefficient (Wildman–Crippen LogP) is 2.61. The van der Waals surface area contributed by atoms with Gasteiger partial charge in [-0.05, 0) is 49.0 Å². The maximum Gasteiger partial charge on any atom is 0.343 e. The standard InChI is InChI=1S/C13H17BrN4OS/c1-3-15-8-9-7-10(14)5-6-11(9)20-13-17-16-12(19)18(13)4-2/h5-7,15H,3-4,8H2,1-2H3,(H,16,19). The second-order valence-corrected chi connectivity index (χ2v) is 6.11. The van der Waals surface area contributed by atoms with Crippen LogP contribution < -0.4 is 11.0 Å². The first-order chi connectivity index (χ1) is 9.65. The zero-order valence-corrected chi connectivity index (χ0v) is 13.8. The van der Waals surface area contributed by atoms with Crippen molar-refractivity contribution in [2.45, 2.75) is 37.0 Å². The maximum absolute atomic E-state index is 11.6.